The number of methoxy groups -OCH3 is 1. The minimum atomic E-state index is -0.0285. The van der Waals surface area contributed by atoms with Crippen molar-refractivity contribution in [2.45, 2.75) is 31.8 Å². The van der Waals surface area contributed by atoms with E-state index in [1.54, 1.807) is 13.3 Å². The van der Waals surface area contributed by atoms with Gasteiger partial charge < -0.3 is 19.7 Å². The van der Waals surface area contributed by atoms with Crippen molar-refractivity contribution in [3.63, 3.8) is 0 Å². The third-order valence-electron chi connectivity index (χ3n) is 4.76. The van der Waals surface area contributed by atoms with Gasteiger partial charge in [0, 0.05) is 44.7 Å². The van der Waals surface area contributed by atoms with Gasteiger partial charge in [0.2, 0.25) is 0 Å². The molecule has 1 saturated heterocycles. The number of hydrogen-bond donors (Lipinski definition) is 1. The fourth-order valence-electron chi connectivity index (χ4n) is 3.13. The molecule has 1 N–H and O–H groups in total. The first-order chi connectivity index (χ1) is 13.2. The van der Waals surface area contributed by atoms with Crippen LogP contribution in [-0.2, 0) is 17.7 Å². The first-order valence-corrected chi connectivity index (χ1v) is 9.39. The highest BCUT2D eigenvalue weighted by Crippen LogP contribution is 2.13. The van der Waals surface area contributed by atoms with Gasteiger partial charge in [-0.2, -0.15) is 0 Å². The maximum Gasteiger partial charge on any atom is 0.317 e. The quantitative estimate of drug-likeness (QED) is 0.815. The van der Waals surface area contributed by atoms with E-state index in [4.69, 9.17) is 9.47 Å². The van der Waals surface area contributed by atoms with Crippen LogP contribution in [0.5, 0.6) is 5.75 Å². The van der Waals surface area contributed by atoms with E-state index in [9.17, 15) is 4.79 Å². The van der Waals surface area contributed by atoms with E-state index >= 15 is 0 Å². The highest BCUT2D eigenvalue weighted by Gasteiger charge is 2.20. The maximum atomic E-state index is 12.9. The van der Waals surface area contributed by atoms with Gasteiger partial charge in [0.05, 0.1) is 7.11 Å². The number of aromatic nitrogens is 1. The third-order valence-corrected chi connectivity index (χ3v) is 4.76. The summed E-state index contributed by atoms with van der Waals surface area (Å²) in [5.41, 5.74) is 2.19. The Kier molecular flexibility index (Phi) is 7.04. The van der Waals surface area contributed by atoms with Gasteiger partial charge >= 0.3 is 6.03 Å². The van der Waals surface area contributed by atoms with Gasteiger partial charge in [-0.1, -0.05) is 18.2 Å². The highest BCUT2D eigenvalue weighted by molar-refractivity contribution is 5.74. The molecule has 0 atom stereocenters. The monoisotopic (exact) mass is 369 g/mol. The smallest absolute Gasteiger partial charge is 0.317 e. The molecule has 1 aromatic heterocycles. The first-order valence-electron chi connectivity index (χ1n) is 9.39. The molecule has 6 heteroatoms. The van der Waals surface area contributed by atoms with E-state index in [0.717, 1.165) is 30.6 Å². The Hall–Kier alpha value is -2.60. The number of nitrogens with one attached hydrogen (secondary N) is 1. The minimum absolute atomic E-state index is 0.0285. The lowest BCUT2D eigenvalue weighted by Gasteiger charge is -2.28. The molecule has 6 nitrogen and oxygen atoms in total. The van der Waals surface area contributed by atoms with Crippen molar-refractivity contribution in [3.8, 4) is 5.75 Å². The van der Waals surface area contributed by atoms with Crippen molar-refractivity contribution >= 4 is 6.03 Å². The molecule has 1 aromatic carbocycles. The SMILES string of the molecule is COc1ccc(CCN(Cc2cccnc2)C(=O)NC2CCOCC2)cc1. The van der Waals surface area contributed by atoms with Crippen LogP contribution in [0.3, 0.4) is 0 Å². The van der Waals surface area contributed by atoms with Crippen LogP contribution in [0.25, 0.3) is 0 Å². The van der Waals surface area contributed by atoms with E-state index in [1.165, 1.54) is 5.56 Å². The number of carbonyl (C=O) groups excluding carboxylic acids is 1. The molecular formula is C21H27N3O3. The predicted molar refractivity (Wildman–Crippen MR) is 104 cm³/mol. The van der Waals surface area contributed by atoms with Crippen LogP contribution in [0.4, 0.5) is 4.79 Å². The second-order valence-electron chi connectivity index (χ2n) is 6.72. The summed E-state index contributed by atoms with van der Waals surface area (Å²) in [6, 6.07) is 12.0. The number of rotatable bonds is 7. The zero-order valence-corrected chi connectivity index (χ0v) is 15.8. The lowest BCUT2D eigenvalue weighted by atomic mass is 10.1. The topological polar surface area (TPSA) is 63.7 Å². The Morgan fingerprint density at radius 2 is 2.00 bits per heavy atom. The summed E-state index contributed by atoms with van der Waals surface area (Å²) in [5, 5.41) is 3.16. The number of hydrogen-bond acceptors (Lipinski definition) is 4. The van der Waals surface area contributed by atoms with Crippen LogP contribution in [-0.4, -0.2) is 48.8 Å². The number of ether oxygens (including phenoxy) is 2. The zero-order valence-electron chi connectivity index (χ0n) is 15.8. The number of carbonyl (C=O) groups is 1. The molecule has 27 heavy (non-hydrogen) atoms. The van der Waals surface area contributed by atoms with Crippen molar-refractivity contribution in [2.24, 2.45) is 0 Å². The molecule has 1 aliphatic heterocycles. The largest absolute Gasteiger partial charge is 0.497 e. The minimum Gasteiger partial charge on any atom is -0.497 e. The number of nitrogens with zero attached hydrogens (tertiary/aromatic N) is 2. The van der Waals surface area contributed by atoms with Crippen LogP contribution in [0, 0.1) is 0 Å². The van der Waals surface area contributed by atoms with Gasteiger partial charge in [-0.05, 0) is 48.6 Å². The van der Waals surface area contributed by atoms with Crippen LogP contribution in [0.2, 0.25) is 0 Å². The molecule has 2 aromatic rings. The lowest BCUT2D eigenvalue weighted by molar-refractivity contribution is 0.0779. The Balaban J connectivity index is 1.63. The van der Waals surface area contributed by atoms with Crippen molar-refractivity contribution in [1.82, 2.24) is 15.2 Å². The molecule has 0 saturated carbocycles. The zero-order chi connectivity index (χ0) is 18.9. The highest BCUT2D eigenvalue weighted by atomic mass is 16.5. The molecule has 144 valence electrons. The van der Waals surface area contributed by atoms with Gasteiger partial charge in [-0.15, -0.1) is 0 Å². The summed E-state index contributed by atoms with van der Waals surface area (Å²) in [6.45, 7) is 2.59. The van der Waals surface area contributed by atoms with Gasteiger partial charge in [0.15, 0.2) is 0 Å². The summed E-state index contributed by atoms with van der Waals surface area (Å²) in [6.07, 6.45) is 6.07. The van der Waals surface area contributed by atoms with E-state index in [2.05, 4.69) is 10.3 Å². The summed E-state index contributed by atoms with van der Waals surface area (Å²) in [7, 11) is 1.66. The van der Waals surface area contributed by atoms with E-state index in [-0.39, 0.29) is 12.1 Å². The molecule has 2 heterocycles. The number of amides is 2. The van der Waals surface area contributed by atoms with Crippen LogP contribution in [0.1, 0.15) is 24.0 Å². The standard InChI is InChI=1S/C21H27N3O3/c1-26-20-6-4-17(5-7-20)8-12-24(16-18-3-2-11-22-15-18)21(25)23-19-9-13-27-14-10-19/h2-7,11,15,19H,8-10,12-14,16H2,1H3,(H,23,25). The van der Waals surface area contributed by atoms with Crippen molar-refractivity contribution in [3.05, 3.63) is 59.9 Å². The molecule has 0 radical (unpaired) electrons. The molecular weight excluding hydrogens is 342 g/mol. The summed E-state index contributed by atoms with van der Waals surface area (Å²) in [4.78, 5) is 18.9. The second kappa shape index (κ2) is 9.92. The van der Waals surface area contributed by atoms with Gasteiger partial charge in [0.25, 0.3) is 0 Å². The number of pyridine rings is 1. The summed E-state index contributed by atoms with van der Waals surface area (Å²) in [5.74, 6) is 0.836. The van der Waals surface area contributed by atoms with Crippen molar-refractivity contribution in [1.29, 1.82) is 0 Å². The number of benzene rings is 1. The molecule has 0 bridgehead atoms. The Morgan fingerprint density at radius 1 is 1.22 bits per heavy atom. The molecule has 2 amide bonds. The fourth-order valence-corrected chi connectivity index (χ4v) is 3.13. The van der Waals surface area contributed by atoms with Crippen LogP contribution in [0.15, 0.2) is 48.8 Å². The molecule has 0 spiro atoms. The summed E-state index contributed by atoms with van der Waals surface area (Å²) < 4.78 is 10.6. The average molecular weight is 369 g/mol. The van der Waals surface area contributed by atoms with Crippen molar-refractivity contribution < 1.29 is 14.3 Å². The molecule has 1 fully saturated rings. The number of urea groups is 1. The third kappa shape index (κ3) is 5.96. The van der Waals surface area contributed by atoms with Gasteiger partial charge in [-0.3, -0.25) is 4.98 Å². The van der Waals surface area contributed by atoms with Gasteiger partial charge in [0.1, 0.15) is 5.75 Å². The molecule has 0 aliphatic carbocycles. The van der Waals surface area contributed by atoms with E-state index in [1.807, 2.05) is 47.5 Å². The second-order valence-corrected chi connectivity index (χ2v) is 6.72. The molecule has 0 unspecified atom stereocenters. The molecule has 3 rings (SSSR count). The summed E-state index contributed by atoms with van der Waals surface area (Å²) >= 11 is 0. The normalized spacial score (nSPS) is 14.6. The predicted octanol–water partition coefficient (Wildman–Crippen LogP) is 3.02. The molecule has 1 aliphatic rings. The Labute approximate surface area is 160 Å². The fraction of sp³-hybridized carbons (Fsp3) is 0.429. The van der Waals surface area contributed by atoms with E-state index < -0.39 is 0 Å². The van der Waals surface area contributed by atoms with Crippen molar-refractivity contribution in [2.75, 3.05) is 26.9 Å². The average Bonchev–Trinajstić information content (AvgIpc) is 2.73. The Morgan fingerprint density at radius 3 is 2.67 bits per heavy atom. The van der Waals surface area contributed by atoms with E-state index in [0.29, 0.717) is 26.3 Å². The van der Waals surface area contributed by atoms with Crippen LogP contribution < -0.4 is 10.1 Å². The first kappa shape index (κ1) is 19.2. The van der Waals surface area contributed by atoms with Crippen LogP contribution >= 0.6 is 0 Å². The maximum absolute atomic E-state index is 12.9. The lowest BCUT2D eigenvalue weighted by Crippen LogP contribution is -2.47. The Bertz CT molecular complexity index is 700. The van der Waals surface area contributed by atoms with Gasteiger partial charge in [-0.25, -0.2) is 4.79 Å².